The van der Waals surface area contributed by atoms with Gasteiger partial charge in [-0.05, 0) is 36.8 Å². The van der Waals surface area contributed by atoms with Crippen molar-refractivity contribution in [3.8, 4) is 23.7 Å². The summed E-state index contributed by atoms with van der Waals surface area (Å²) in [5.74, 6) is 2.09. The lowest BCUT2D eigenvalue weighted by Gasteiger charge is -2.05. The number of hydrogen-bond acceptors (Lipinski definition) is 7. The Morgan fingerprint density at radius 2 is 1.93 bits per heavy atom. The molecule has 9 heteroatoms. The second-order valence-electron chi connectivity index (χ2n) is 5.96. The van der Waals surface area contributed by atoms with Crippen LogP contribution in [0.2, 0.25) is 0 Å². The van der Waals surface area contributed by atoms with E-state index in [1.54, 1.807) is 0 Å². The highest BCUT2D eigenvalue weighted by Gasteiger charge is 2.16. The fourth-order valence-corrected chi connectivity index (χ4v) is 3.38. The molecule has 0 saturated carbocycles. The number of carbonyl (C=O) groups is 1. The molecule has 0 atom stereocenters. The Bertz CT molecular complexity index is 1160. The Balaban J connectivity index is 1.63. The summed E-state index contributed by atoms with van der Waals surface area (Å²) in [6, 6.07) is 12.8. The van der Waals surface area contributed by atoms with E-state index in [1.807, 2.05) is 31.2 Å². The summed E-state index contributed by atoms with van der Waals surface area (Å²) < 4.78 is 36.5. The minimum Gasteiger partial charge on any atom is -0.452 e. The molecule has 2 aromatic carbocycles. The number of aryl methyl sites for hydroxylation is 1. The van der Waals surface area contributed by atoms with Gasteiger partial charge in [0.25, 0.3) is 5.89 Å². The topological polar surface area (TPSA) is 111 Å². The lowest BCUT2D eigenvalue weighted by atomic mass is 10.1. The van der Waals surface area contributed by atoms with Gasteiger partial charge in [0.1, 0.15) is 0 Å². The normalized spacial score (nSPS) is 11.0. The van der Waals surface area contributed by atoms with Gasteiger partial charge in [-0.25, -0.2) is 13.2 Å². The second kappa shape index (κ2) is 8.68. The van der Waals surface area contributed by atoms with Crippen molar-refractivity contribution in [2.24, 2.45) is 0 Å². The van der Waals surface area contributed by atoms with E-state index in [0.717, 1.165) is 11.1 Å². The minimum absolute atomic E-state index is 0.0101. The molecule has 0 saturated heterocycles. The van der Waals surface area contributed by atoms with Crippen molar-refractivity contribution in [1.82, 2.24) is 14.9 Å². The van der Waals surface area contributed by atoms with Crippen LogP contribution in [0, 0.1) is 19.3 Å². The third kappa shape index (κ3) is 4.87. The van der Waals surface area contributed by atoms with Gasteiger partial charge in [-0.15, -0.1) is 6.42 Å². The summed E-state index contributed by atoms with van der Waals surface area (Å²) >= 11 is 0. The van der Waals surface area contributed by atoms with E-state index in [2.05, 4.69) is 20.8 Å². The van der Waals surface area contributed by atoms with Gasteiger partial charge in [0.15, 0.2) is 6.61 Å². The maximum Gasteiger partial charge on any atom is 0.338 e. The average Bonchev–Trinajstić information content (AvgIpc) is 3.20. The molecule has 0 aliphatic rings. The lowest BCUT2D eigenvalue weighted by Crippen LogP contribution is -2.23. The van der Waals surface area contributed by atoms with Gasteiger partial charge in [-0.1, -0.05) is 35.3 Å². The first-order chi connectivity index (χ1) is 13.9. The van der Waals surface area contributed by atoms with Gasteiger partial charge >= 0.3 is 5.97 Å². The van der Waals surface area contributed by atoms with E-state index in [-0.39, 0.29) is 29.5 Å². The van der Waals surface area contributed by atoms with Crippen molar-refractivity contribution < 1.29 is 22.5 Å². The lowest BCUT2D eigenvalue weighted by molar-refractivity contribution is 0.0429. The standard InChI is InChI=1S/C20H17N3O5S/c1-3-12-21-29(25,26)16-10-8-15(9-11-16)20(24)27-13-18-22-19(23-28-18)17-7-5-4-6-14(17)2/h1,4-11,21H,12-13H2,2H3. The monoisotopic (exact) mass is 411 g/mol. The van der Waals surface area contributed by atoms with Crippen molar-refractivity contribution in [3.05, 3.63) is 65.5 Å². The molecule has 0 radical (unpaired) electrons. The van der Waals surface area contributed by atoms with Gasteiger partial charge < -0.3 is 9.26 Å². The maximum atomic E-state index is 12.2. The largest absolute Gasteiger partial charge is 0.452 e. The zero-order chi connectivity index (χ0) is 20.9. The average molecular weight is 411 g/mol. The molecule has 1 heterocycles. The number of esters is 1. The molecule has 1 N–H and O–H groups in total. The first kappa shape index (κ1) is 20.3. The van der Waals surface area contributed by atoms with Crippen LogP contribution in [0.1, 0.15) is 21.8 Å². The first-order valence-corrected chi connectivity index (χ1v) is 9.98. The van der Waals surface area contributed by atoms with Crippen LogP contribution >= 0.6 is 0 Å². The summed E-state index contributed by atoms with van der Waals surface area (Å²) in [7, 11) is -3.73. The number of benzene rings is 2. The van der Waals surface area contributed by atoms with E-state index in [9.17, 15) is 13.2 Å². The predicted octanol–water partition coefficient (Wildman–Crippen LogP) is 2.31. The van der Waals surface area contributed by atoms with Crippen LogP contribution in [0.5, 0.6) is 0 Å². The highest BCUT2D eigenvalue weighted by atomic mass is 32.2. The molecular formula is C20H17N3O5S. The molecule has 0 spiro atoms. The number of carbonyl (C=O) groups excluding carboxylic acids is 1. The zero-order valence-corrected chi connectivity index (χ0v) is 16.3. The summed E-state index contributed by atoms with van der Waals surface area (Å²) in [6.07, 6.45) is 5.05. The van der Waals surface area contributed by atoms with Crippen molar-refractivity contribution >= 4 is 16.0 Å². The first-order valence-electron chi connectivity index (χ1n) is 8.49. The Morgan fingerprint density at radius 3 is 2.62 bits per heavy atom. The molecule has 148 valence electrons. The zero-order valence-electron chi connectivity index (χ0n) is 15.5. The molecular weight excluding hydrogens is 394 g/mol. The smallest absolute Gasteiger partial charge is 0.338 e. The van der Waals surface area contributed by atoms with E-state index in [4.69, 9.17) is 15.7 Å². The number of hydrogen-bond donors (Lipinski definition) is 1. The van der Waals surface area contributed by atoms with Gasteiger partial charge in [0.05, 0.1) is 17.0 Å². The maximum absolute atomic E-state index is 12.2. The third-order valence-corrected chi connectivity index (χ3v) is 5.36. The molecule has 0 bridgehead atoms. The van der Waals surface area contributed by atoms with Crippen LogP contribution in [-0.2, 0) is 21.4 Å². The molecule has 0 aliphatic heterocycles. The summed E-state index contributed by atoms with van der Waals surface area (Å²) in [5.41, 5.74) is 1.99. The SMILES string of the molecule is C#CCNS(=O)(=O)c1ccc(C(=O)OCc2nc(-c3ccccc3C)no2)cc1. The quantitative estimate of drug-likeness (QED) is 0.469. The number of nitrogens with one attached hydrogen (secondary N) is 1. The van der Waals surface area contributed by atoms with Crippen LogP contribution < -0.4 is 4.72 Å². The highest BCUT2D eigenvalue weighted by molar-refractivity contribution is 7.89. The molecule has 1 aromatic heterocycles. The van der Waals surface area contributed by atoms with Crippen molar-refractivity contribution in [1.29, 1.82) is 0 Å². The van der Waals surface area contributed by atoms with Gasteiger partial charge in [-0.3, -0.25) is 0 Å². The molecule has 0 aliphatic carbocycles. The van der Waals surface area contributed by atoms with Gasteiger partial charge in [0.2, 0.25) is 15.8 Å². The van der Waals surface area contributed by atoms with Crippen LogP contribution in [0.3, 0.4) is 0 Å². The molecule has 8 nitrogen and oxygen atoms in total. The summed E-state index contributed by atoms with van der Waals surface area (Å²) in [6.45, 7) is 1.60. The number of aromatic nitrogens is 2. The Labute approximate surface area is 168 Å². The molecule has 3 rings (SSSR count). The number of terminal acetylenes is 1. The van der Waals surface area contributed by atoms with E-state index in [0.29, 0.717) is 5.82 Å². The van der Waals surface area contributed by atoms with Crippen molar-refractivity contribution in [3.63, 3.8) is 0 Å². The van der Waals surface area contributed by atoms with Crippen LogP contribution in [-0.4, -0.2) is 31.1 Å². The number of nitrogens with zero attached hydrogens (tertiary/aromatic N) is 2. The fraction of sp³-hybridized carbons (Fsp3) is 0.150. The third-order valence-electron chi connectivity index (χ3n) is 3.95. The van der Waals surface area contributed by atoms with Crippen molar-refractivity contribution in [2.75, 3.05) is 6.54 Å². The van der Waals surface area contributed by atoms with Crippen molar-refractivity contribution in [2.45, 2.75) is 18.4 Å². The molecule has 3 aromatic rings. The number of sulfonamides is 1. The van der Waals surface area contributed by atoms with Crippen LogP contribution in [0.25, 0.3) is 11.4 Å². The predicted molar refractivity (Wildman–Crippen MR) is 104 cm³/mol. The Kier molecular flexibility index (Phi) is 6.07. The van der Waals surface area contributed by atoms with Crippen LogP contribution in [0.4, 0.5) is 0 Å². The Morgan fingerprint density at radius 1 is 1.21 bits per heavy atom. The van der Waals surface area contributed by atoms with E-state index in [1.165, 1.54) is 24.3 Å². The fourth-order valence-electron chi connectivity index (χ4n) is 2.45. The minimum atomic E-state index is -3.73. The molecule has 29 heavy (non-hydrogen) atoms. The number of rotatable bonds is 7. The van der Waals surface area contributed by atoms with Gasteiger partial charge in [0, 0.05) is 5.56 Å². The Hall–Kier alpha value is -3.48. The molecule has 0 unspecified atom stereocenters. The highest BCUT2D eigenvalue weighted by Crippen LogP contribution is 2.20. The van der Waals surface area contributed by atoms with E-state index < -0.39 is 16.0 Å². The van der Waals surface area contributed by atoms with Crippen LogP contribution in [0.15, 0.2) is 57.9 Å². The summed E-state index contributed by atoms with van der Waals surface area (Å²) in [5, 5.41) is 3.90. The second-order valence-corrected chi connectivity index (χ2v) is 7.72. The van der Waals surface area contributed by atoms with Gasteiger partial charge in [-0.2, -0.15) is 9.71 Å². The van der Waals surface area contributed by atoms with E-state index >= 15 is 0 Å². The molecule has 0 fully saturated rings. The molecule has 0 amide bonds. The number of ether oxygens (including phenoxy) is 1. The summed E-state index contributed by atoms with van der Waals surface area (Å²) in [4.78, 5) is 16.4.